The number of Topliss-reactive ketones (excluding diaryl/α,β-unsaturated/α-hetero) is 1. The number of likely N-dealkylation sites (tertiary alicyclic amines) is 1. The van der Waals surface area contributed by atoms with Gasteiger partial charge in [-0.3, -0.25) is 19.2 Å². The molecule has 4 heterocycles. The van der Waals surface area contributed by atoms with Gasteiger partial charge in [-0.25, -0.2) is 0 Å². The first kappa shape index (κ1) is 21.3. The Morgan fingerprint density at radius 2 is 1.97 bits per heavy atom. The van der Waals surface area contributed by atoms with Crippen molar-refractivity contribution in [2.24, 2.45) is 7.05 Å². The number of hydrogen-bond acceptors (Lipinski definition) is 7. The van der Waals surface area contributed by atoms with Crippen LogP contribution in [0.2, 0.25) is 0 Å². The van der Waals surface area contributed by atoms with E-state index in [4.69, 9.17) is 9.15 Å². The van der Waals surface area contributed by atoms with E-state index in [0.717, 1.165) is 19.6 Å². The van der Waals surface area contributed by atoms with E-state index >= 15 is 0 Å². The van der Waals surface area contributed by atoms with E-state index in [1.807, 2.05) is 6.92 Å². The van der Waals surface area contributed by atoms with Gasteiger partial charge in [0.25, 0.3) is 11.7 Å². The molecule has 0 spiro atoms. The third-order valence-corrected chi connectivity index (χ3v) is 6.08. The SMILES string of the molecule is Cc1nn(C)c(C)c1C(O)=C1C(=O)C(=O)N(CCCN2CCOCC2)[C@@H]1c1ccco1. The summed E-state index contributed by atoms with van der Waals surface area (Å²) in [5.41, 5.74) is 1.83. The highest BCUT2D eigenvalue weighted by atomic mass is 16.5. The van der Waals surface area contributed by atoms with Crippen molar-refractivity contribution in [1.82, 2.24) is 19.6 Å². The van der Waals surface area contributed by atoms with Gasteiger partial charge in [-0.05, 0) is 32.4 Å². The van der Waals surface area contributed by atoms with Crippen LogP contribution in [0.25, 0.3) is 5.76 Å². The van der Waals surface area contributed by atoms with Crippen LogP contribution in [0.4, 0.5) is 0 Å². The van der Waals surface area contributed by atoms with E-state index in [9.17, 15) is 14.7 Å². The number of ketones is 1. The molecule has 9 heteroatoms. The molecule has 0 aliphatic carbocycles. The monoisotopic (exact) mass is 428 g/mol. The molecule has 2 aliphatic rings. The van der Waals surface area contributed by atoms with Gasteiger partial charge in [-0.15, -0.1) is 0 Å². The Hall–Kier alpha value is -2.91. The molecule has 0 aromatic carbocycles. The molecule has 1 N–H and O–H groups in total. The maximum atomic E-state index is 13.0. The number of aliphatic hydroxyl groups is 1. The fourth-order valence-corrected chi connectivity index (χ4v) is 4.39. The van der Waals surface area contributed by atoms with Crippen molar-refractivity contribution >= 4 is 17.4 Å². The second-order valence-corrected chi connectivity index (χ2v) is 7.98. The van der Waals surface area contributed by atoms with Gasteiger partial charge >= 0.3 is 0 Å². The molecule has 0 radical (unpaired) electrons. The predicted octanol–water partition coefficient (Wildman–Crippen LogP) is 1.77. The van der Waals surface area contributed by atoms with Crippen LogP contribution in [0.1, 0.15) is 35.2 Å². The molecule has 0 unspecified atom stereocenters. The molecular weight excluding hydrogens is 400 g/mol. The normalized spacial score (nSPS) is 21.9. The smallest absolute Gasteiger partial charge is 0.295 e. The van der Waals surface area contributed by atoms with Crippen molar-refractivity contribution in [2.75, 3.05) is 39.4 Å². The predicted molar refractivity (Wildman–Crippen MR) is 112 cm³/mol. The van der Waals surface area contributed by atoms with Gasteiger partial charge in [0, 0.05) is 38.9 Å². The van der Waals surface area contributed by atoms with E-state index in [1.54, 1.807) is 30.8 Å². The Balaban J connectivity index is 1.66. The second kappa shape index (κ2) is 8.68. The van der Waals surface area contributed by atoms with Crippen LogP contribution in [0.3, 0.4) is 0 Å². The lowest BCUT2D eigenvalue weighted by Gasteiger charge is -2.28. The van der Waals surface area contributed by atoms with Crippen LogP contribution in [0, 0.1) is 13.8 Å². The topological polar surface area (TPSA) is 101 Å². The van der Waals surface area contributed by atoms with Gasteiger partial charge in [-0.1, -0.05) is 0 Å². The van der Waals surface area contributed by atoms with Crippen LogP contribution >= 0.6 is 0 Å². The van der Waals surface area contributed by atoms with E-state index in [-0.39, 0.29) is 11.3 Å². The standard InChI is InChI=1S/C22H28N4O5/c1-14-17(15(2)24(3)23-14)20(27)18-19(16-6-4-11-31-16)26(22(29)21(18)28)8-5-7-25-9-12-30-13-10-25/h4,6,11,19,27H,5,7-10,12-13H2,1-3H3/t19-/m1/s1. The Morgan fingerprint density at radius 1 is 1.23 bits per heavy atom. The number of furan rings is 1. The van der Waals surface area contributed by atoms with Crippen LogP contribution in [0.15, 0.2) is 28.4 Å². The summed E-state index contributed by atoms with van der Waals surface area (Å²) < 4.78 is 12.6. The number of rotatable bonds is 6. The fourth-order valence-electron chi connectivity index (χ4n) is 4.39. The molecule has 2 saturated heterocycles. The summed E-state index contributed by atoms with van der Waals surface area (Å²) in [6.45, 7) is 7.91. The number of amides is 1. The lowest BCUT2D eigenvalue weighted by molar-refractivity contribution is -0.140. The summed E-state index contributed by atoms with van der Waals surface area (Å²) in [6.07, 6.45) is 2.21. The van der Waals surface area contributed by atoms with Crippen LogP contribution in [-0.4, -0.2) is 75.8 Å². The molecule has 31 heavy (non-hydrogen) atoms. The van der Waals surface area contributed by atoms with Gasteiger partial charge in [0.1, 0.15) is 17.6 Å². The van der Waals surface area contributed by atoms with Gasteiger partial charge < -0.3 is 19.2 Å². The zero-order valence-corrected chi connectivity index (χ0v) is 18.1. The van der Waals surface area contributed by atoms with Gasteiger partial charge in [0.05, 0.1) is 36.3 Å². The highest BCUT2D eigenvalue weighted by molar-refractivity contribution is 6.46. The largest absolute Gasteiger partial charge is 0.507 e. The molecule has 1 amide bonds. The maximum Gasteiger partial charge on any atom is 0.295 e. The number of hydrogen-bond donors (Lipinski definition) is 1. The summed E-state index contributed by atoms with van der Waals surface area (Å²) in [5.74, 6) is -1.08. The maximum absolute atomic E-state index is 13.0. The van der Waals surface area contributed by atoms with Crippen LogP contribution < -0.4 is 0 Å². The Kier molecular flexibility index (Phi) is 5.97. The third kappa shape index (κ3) is 3.90. The summed E-state index contributed by atoms with van der Waals surface area (Å²) in [7, 11) is 1.77. The molecule has 166 valence electrons. The molecule has 1 atom stereocenters. The van der Waals surface area contributed by atoms with E-state index < -0.39 is 17.7 Å². The Labute approximate surface area is 180 Å². The van der Waals surface area contributed by atoms with E-state index in [0.29, 0.717) is 48.9 Å². The van der Waals surface area contributed by atoms with Gasteiger partial charge in [0.15, 0.2) is 0 Å². The number of aryl methyl sites for hydroxylation is 2. The molecule has 4 rings (SSSR count). The summed E-state index contributed by atoms with van der Waals surface area (Å²) in [6, 6.07) is 2.67. The average Bonchev–Trinajstić information content (AvgIpc) is 3.43. The molecular formula is C22H28N4O5. The highest BCUT2D eigenvalue weighted by Crippen LogP contribution is 2.40. The Morgan fingerprint density at radius 3 is 2.58 bits per heavy atom. The zero-order valence-electron chi connectivity index (χ0n) is 18.1. The van der Waals surface area contributed by atoms with Crippen molar-refractivity contribution in [3.8, 4) is 0 Å². The first-order valence-electron chi connectivity index (χ1n) is 10.5. The van der Waals surface area contributed by atoms with E-state index in [2.05, 4.69) is 10.00 Å². The molecule has 2 aliphatic heterocycles. The highest BCUT2D eigenvalue weighted by Gasteiger charge is 2.47. The minimum Gasteiger partial charge on any atom is -0.507 e. The second-order valence-electron chi connectivity index (χ2n) is 7.98. The average molecular weight is 428 g/mol. The van der Waals surface area contributed by atoms with Crippen molar-refractivity contribution in [3.05, 3.63) is 46.7 Å². The zero-order chi connectivity index (χ0) is 22.1. The number of aliphatic hydroxyl groups excluding tert-OH is 1. The molecule has 0 bridgehead atoms. The first-order valence-corrected chi connectivity index (χ1v) is 10.5. The summed E-state index contributed by atoms with van der Waals surface area (Å²) in [5, 5.41) is 15.5. The van der Waals surface area contributed by atoms with Gasteiger partial charge in [0.2, 0.25) is 0 Å². The number of morpholine rings is 1. The molecule has 0 saturated carbocycles. The lowest BCUT2D eigenvalue weighted by Crippen LogP contribution is -2.38. The van der Waals surface area contributed by atoms with Crippen molar-refractivity contribution in [3.63, 3.8) is 0 Å². The fraction of sp³-hybridized carbons (Fsp3) is 0.500. The number of carbonyl (C=O) groups excluding carboxylic acids is 2. The number of aromatic nitrogens is 2. The Bertz CT molecular complexity index is 1000. The molecule has 2 aromatic rings. The lowest BCUT2D eigenvalue weighted by atomic mass is 9.98. The van der Waals surface area contributed by atoms with E-state index in [1.165, 1.54) is 11.2 Å². The minimum atomic E-state index is -0.765. The first-order chi connectivity index (χ1) is 14.9. The van der Waals surface area contributed by atoms with Gasteiger partial charge in [-0.2, -0.15) is 5.10 Å². The number of carbonyl (C=O) groups is 2. The minimum absolute atomic E-state index is 0.0468. The number of nitrogens with zero attached hydrogens (tertiary/aromatic N) is 4. The van der Waals surface area contributed by atoms with Crippen LogP contribution in [-0.2, 0) is 21.4 Å². The third-order valence-electron chi connectivity index (χ3n) is 6.08. The molecule has 2 fully saturated rings. The van der Waals surface area contributed by atoms with Crippen molar-refractivity contribution in [2.45, 2.75) is 26.3 Å². The van der Waals surface area contributed by atoms with Crippen molar-refractivity contribution in [1.29, 1.82) is 0 Å². The molecule has 2 aromatic heterocycles. The summed E-state index contributed by atoms with van der Waals surface area (Å²) in [4.78, 5) is 29.8. The quantitative estimate of drug-likeness (QED) is 0.425. The summed E-state index contributed by atoms with van der Waals surface area (Å²) >= 11 is 0. The van der Waals surface area contributed by atoms with Crippen molar-refractivity contribution < 1.29 is 23.8 Å². The number of ether oxygens (including phenoxy) is 1. The molecule has 9 nitrogen and oxygen atoms in total. The van der Waals surface area contributed by atoms with Crippen LogP contribution in [0.5, 0.6) is 0 Å².